The molecule has 1 N–H and O–H groups in total. The molecule has 2 unspecified atom stereocenters. The Balaban J connectivity index is 1.40. The van der Waals surface area contributed by atoms with Gasteiger partial charge in [-0.25, -0.2) is 8.78 Å². The average Bonchev–Trinajstić information content (AvgIpc) is 3.62. The lowest BCUT2D eigenvalue weighted by Crippen LogP contribution is -2.60. The SMILES string of the molecule is CC(=O)O[C@@H](C)C(=O)N(C)C(C1CCN(C(=O)CCN2C(=O)C=CC2=O)CC1)C1NC(c2cc(F)ccc2F)=CN1Cc1ccccc1. The first-order chi connectivity index (χ1) is 22.9. The van der Waals surface area contributed by atoms with Crippen LogP contribution in [0.4, 0.5) is 8.78 Å². The van der Waals surface area contributed by atoms with Crippen molar-refractivity contribution in [3.63, 3.8) is 0 Å². The maximum Gasteiger partial charge on any atom is 0.303 e. The minimum Gasteiger partial charge on any atom is -0.453 e. The Bertz CT molecular complexity index is 1610. The van der Waals surface area contributed by atoms with E-state index in [1.165, 1.54) is 26.0 Å². The molecule has 0 bridgehead atoms. The number of nitrogens with zero attached hydrogens (tertiary/aromatic N) is 4. The van der Waals surface area contributed by atoms with E-state index in [9.17, 15) is 28.4 Å². The molecule has 0 spiro atoms. The van der Waals surface area contributed by atoms with Crippen LogP contribution in [0.2, 0.25) is 0 Å². The van der Waals surface area contributed by atoms with Crippen LogP contribution in [0.5, 0.6) is 0 Å². The highest BCUT2D eigenvalue weighted by atomic mass is 19.1. The van der Waals surface area contributed by atoms with Crippen LogP contribution in [0, 0.1) is 17.6 Å². The number of ether oxygens (including phenoxy) is 1. The third-order valence-electron chi connectivity index (χ3n) is 9.02. The molecule has 3 aliphatic rings. The van der Waals surface area contributed by atoms with E-state index in [0.717, 1.165) is 28.7 Å². The van der Waals surface area contributed by atoms with Crippen LogP contribution in [0.15, 0.2) is 66.9 Å². The monoisotopic (exact) mass is 663 g/mol. The summed E-state index contributed by atoms with van der Waals surface area (Å²) >= 11 is 0. The van der Waals surface area contributed by atoms with Crippen LogP contribution in [0.25, 0.3) is 5.70 Å². The van der Waals surface area contributed by atoms with Crippen molar-refractivity contribution in [2.24, 2.45) is 5.92 Å². The summed E-state index contributed by atoms with van der Waals surface area (Å²) in [5.74, 6) is -3.50. The fourth-order valence-electron chi connectivity index (χ4n) is 6.62. The van der Waals surface area contributed by atoms with Gasteiger partial charge < -0.3 is 24.8 Å². The number of piperidine rings is 1. The summed E-state index contributed by atoms with van der Waals surface area (Å²) in [6, 6.07) is 12.3. The standard InChI is InChI=1S/C35H39F2N5O6/c1-22(48-23(2)43)35(47)39(3)33(25-13-16-40(17-14-25)30(44)15-18-42-31(45)11-12-32(42)46)34-38-29(27-19-26(36)9-10-28(27)37)21-41(34)20-24-7-5-4-6-8-24/h4-12,19,21-22,25,33-34,38H,13-18,20H2,1-3H3/t22-,33?,34?/m0/s1. The van der Waals surface area contributed by atoms with E-state index in [4.69, 9.17) is 4.74 Å². The summed E-state index contributed by atoms with van der Waals surface area (Å²) in [5, 5.41) is 3.38. The highest BCUT2D eigenvalue weighted by Crippen LogP contribution is 2.34. The molecule has 3 atom stereocenters. The second-order valence-corrected chi connectivity index (χ2v) is 12.2. The molecule has 3 heterocycles. The van der Waals surface area contributed by atoms with Gasteiger partial charge in [-0.15, -0.1) is 0 Å². The van der Waals surface area contributed by atoms with Crippen LogP contribution < -0.4 is 5.32 Å². The summed E-state index contributed by atoms with van der Waals surface area (Å²) in [6.45, 7) is 3.83. The van der Waals surface area contributed by atoms with Gasteiger partial charge in [0.1, 0.15) is 17.8 Å². The predicted octanol–water partition coefficient (Wildman–Crippen LogP) is 3.03. The summed E-state index contributed by atoms with van der Waals surface area (Å²) in [6.07, 6.45) is 3.41. The van der Waals surface area contributed by atoms with Crippen molar-refractivity contribution < 1.29 is 37.5 Å². The zero-order valence-electron chi connectivity index (χ0n) is 27.1. The van der Waals surface area contributed by atoms with E-state index in [1.807, 2.05) is 35.2 Å². The van der Waals surface area contributed by atoms with E-state index >= 15 is 4.39 Å². The van der Waals surface area contributed by atoms with Gasteiger partial charge in [0.15, 0.2) is 6.10 Å². The number of amides is 4. The van der Waals surface area contributed by atoms with Crippen molar-refractivity contribution in [2.75, 3.05) is 26.7 Å². The first-order valence-electron chi connectivity index (χ1n) is 15.9. The number of hydrogen-bond acceptors (Lipinski definition) is 8. The Labute approximate surface area is 277 Å². The predicted molar refractivity (Wildman–Crippen MR) is 171 cm³/mol. The maximum absolute atomic E-state index is 15.0. The summed E-state index contributed by atoms with van der Waals surface area (Å²) < 4.78 is 34.6. The minimum absolute atomic E-state index is 0.00689. The molecule has 5 rings (SSSR count). The number of halogens is 2. The molecule has 1 saturated heterocycles. The largest absolute Gasteiger partial charge is 0.453 e. The molecule has 2 aromatic carbocycles. The number of benzene rings is 2. The minimum atomic E-state index is -1.07. The molecule has 11 nitrogen and oxygen atoms in total. The Kier molecular flexibility index (Phi) is 10.6. The van der Waals surface area contributed by atoms with E-state index in [1.54, 1.807) is 23.0 Å². The van der Waals surface area contributed by atoms with Gasteiger partial charge in [-0.3, -0.25) is 28.9 Å². The molecule has 13 heteroatoms. The molecule has 1 fully saturated rings. The van der Waals surface area contributed by atoms with Crippen LogP contribution in [0.1, 0.15) is 44.2 Å². The number of esters is 1. The number of likely N-dealkylation sites (tertiary alicyclic amines) is 1. The third kappa shape index (κ3) is 7.72. The number of likely N-dealkylation sites (N-methyl/N-ethyl adjacent to an activating group) is 1. The Morgan fingerprint density at radius 3 is 2.33 bits per heavy atom. The van der Waals surface area contributed by atoms with E-state index in [0.29, 0.717) is 38.2 Å². The molecule has 0 aliphatic carbocycles. The zero-order valence-corrected chi connectivity index (χ0v) is 27.1. The number of hydrogen-bond donors (Lipinski definition) is 1. The topological polar surface area (TPSA) is 120 Å². The van der Waals surface area contributed by atoms with Crippen molar-refractivity contribution in [1.82, 2.24) is 24.9 Å². The van der Waals surface area contributed by atoms with E-state index in [2.05, 4.69) is 5.32 Å². The molecule has 3 aliphatic heterocycles. The molecule has 254 valence electrons. The highest BCUT2D eigenvalue weighted by Gasteiger charge is 2.43. The smallest absolute Gasteiger partial charge is 0.303 e. The fraction of sp³-hybridized carbons (Fsp3) is 0.400. The van der Waals surface area contributed by atoms with Gasteiger partial charge in [0.2, 0.25) is 5.91 Å². The normalized spacial score (nSPS) is 19.2. The highest BCUT2D eigenvalue weighted by molar-refractivity contribution is 6.13. The summed E-state index contributed by atoms with van der Waals surface area (Å²) in [7, 11) is 1.63. The lowest BCUT2D eigenvalue weighted by Gasteiger charge is -2.45. The number of rotatable bonds is 11. The molecule has 0 aromatic heterocycles. The fourth-order valence-corrected chi connectivity index (χ4v) is 6.62. The first kappa shape index (κ1) is 34.3. The van der Waals surface area contributed by atoms with Crippen molar-refractivity contribution in [1.29, 1.82) is 0 Å². The van der Waals surface area contributed by atoms with Gasteiger partial charge in [0, 0.05) is 70.5 Å². The van der Waals surface area contributed by atoms with Gasteiger partial charge in [0.05, 0.1) is 11.7 Å². The van der Waals surface area contributed by atoms with Crippen LogP contribution in [-0.2, 0) is 35.3 Å². The quantitative estimate of drug-likeness (QED) is 0.288. The second-order valence-electron chi connectivity index (χ2n) is 12.2. The lowest BCUT2D eigenvalue weighted by atomic mass is 9.85. The molecule has 48 heavy (non-hydrogen) atoms. The van der Waals surface area contributed by atoms with Gasteiger partial charge in [-0.2, -0.15) is 0 Å². The van der Waals surface area contributed by atoms with Gasteiger partial charge in [0.25, 0.3) is 17.7 Å². The summed E-state index contributed by atoms with van der Waals surface area (Å²) in [4.78, 5) is 68.6. The number of imide groups is 1. The van der Waals surface area contributed by atoms with Crippen molar-refractivity contribution in [3.05, 3.63) is 89.6 Å². The zero-order chi connectivity index (χ0) is 34.5. The number of carbonyl (C=O) groups excluding carboxylic acids is 5. The molecule has 2 aromatic rings. The van der Waals surface area contributed by atoms with Gasteiger partial charge >= 0.3 is 5.97 Å². The third-order valence-corrected chi connectivity index (χ3v) is 9.02. The molecular weight excluding hydrogens is 624 g/mol. The molecule has 0 saturated carbocycles. The molecule has 4 amide bonds. The van der Waals surface area contributed by atoms with Crippen molar-refractivity contribution >= 4 is 35.3 Å². The van der Waals surface area contributed by atoms with Crippen LogP contribution in [0.3, 0.4) is 0 Å². The van der Waals surface area contributed by atoms with Gasteiger partial charge in [-0.1, -0.05) is 30.3 Å². The van der Waals surface area contributed by atoms with Crippen LogP contribution >= 0.6 is 0 Å². The van der Waals surface area contributed by atoms with Crippen molar-refractivity contribution in [2.45, 2.75) is 58.0 Å². The van der Waals surface area contributed by atoms with Crippen molar-refractivity contribution in [3.8, 4) is 0 Å². The Morgan fingerprint density at radius 2 is 1.69 bits per heavy atom. The number of nitrogens with one attached hydrogen (secondary N) is 1. The summed E-state index contributed by atoms with van der Waals surface area (Å²) in [5.41, 5.74) is 1.34. The van der Waals surface area contributed by atoms with E-state index in [-0.39, 0.29) is 30.4 Å². The first-order valence-corrected chi connectivity index (χ1v) is 15.9. The molecular formula is C35H39F2N5O6. The average molecular weight is 664 g/mol. The van der Waals surface area contributed by atoms with E-state index < -0.39 is 53.6 Å². The Hall–Kier alpha value is -5.07. The molecule has 0 radical (unpaired) electrons. The second kappa shape index (κ2) is 14.8. The van der Waals surface area contributed by atoms with Crippen LogP contribution in [-0.4, -0.2) is 94.2 Å². The Morgan fingerprint density at radius 1 is 1.02 bits per heavy atom. The lowest BCUT2D eigenvalue weighted by molar-refractivity contribution is -0.159. The van der Waals surface area contributed by atoms with Gasteiger partial charge in [-0.05, 0) is 49.4 Å². The number of carbonyl (C=O) groups is 5. The maximum atomic E-state index is 15.0.